The highest BCUT2D eigenvalue weighted by molar-refractivity contribution is 7.99. The van der Waals surface area contributed by atoms with Gasteiger partial charge in [-0.3, -0.25) is 4.79 Å². The van der Waals surface area contributed by atoms with E-state index in [1.54, 1.807) is 6.92 Å². The minimum Gasteiger partial charge on any atom is -0.301 e. The maximum absolute atomic E-state index is 13.0. The Hall–Kier alpha value is -1.21. The summed E-state index contributed by atoms with van der Waals surface area (Å²) in [5.74, 6) is -2.04. The smallest absolute Gasteiger partial charge is 0.238 e. The van der Waals surface area contributed by atoms with E-state index < -0.39 is 11.6 Å². The van der Waals surface area contributed by atoms with Gasteiger partial charge >= 0.3 is 0 Å². The Bertz CT molecular complexity index is 561. The maximum atomic E-state index is 13.0. The molecular weight excluding hydrogens is 278 g/mol. The van der Waals surface area contributed by atoms with Crippen molar-refractivity contribution in [2.45, 2.75) is 12.2 Å². The maximum Gasteiger partial charge on any atom is 0.238 e. The molecule has 7 heteroatoms. The SMILES string of the molecule is CS[C@H](C)C(=O)Nc1nc2cc(F)c(F)cc2s1. The zero-order chi connectivity index (χ0) is 13.3. The van der Waals surface area contributed by atoms with Gasteiger partial charge in [-0.05, 0) is 19.2 Å². The number of thioether (sulfide) groups is 1. The van der Waals surface area contributed by atoms with Crippen LogP contribution in [0.3, 0.4) is 0 Å². The van der Waals surface area contributed by atoms with Crippen LogP contribution in [0, 0.1) is 11.6 Å². The van der Waals surface area contributed by atoms with Crippen LogP contribution in [0.15, 0.2) is 12.1 Å². The van der Waals surface area contributed by atoms with Crippen LogP contribution in [0.4, 0.5) is 13.9 Å². The molecule has 18 heavy (non-hydrogen) atoms. The molecule has 0 saturated carbocycles. The minimum absolute atomic E-state index is 0.178. The molecular formula is C11H10F2N2OS2. The lowest BCUT2D eigenvalue weighted by atomic mass is 10.3. The van der Waals surface area contributed by atoms with Crippen LogP contribution in [0.1, 0.15) is 6.92 Å². The van der Waals surface area contributed by atoms with Crippen LogP contribution in [0.2, 0.25) is 0 Å². The van der Waals surface area contributed by atoms with Gasteiger partial charge in [0.25, 0.3) is 0 Å². The van der Waals surface area contributed by atoms with E-state index in [-0.39, 0.29) is 11.2 Å². The van der Waals surface area contributed by atoms with Crippen molar-refractivity contribution in [2.24, 2.45) is 0 Å². The third kappa shape index (κ3) is 2.62. The normalized spacial score (nSPS) is 12.7. The zero-order valence-corrected chi connectivity index (χ0v) is 11.3. The van der Waals surface area contributed by atoms with Crippen molar-refractivity contribution >= 4 is 44.4 Å². The molecule has 1 aromatic heterocycles. The summed E-state index contributed by atoms with van der Waals surface area (Å²) in [6.07, 6.45) is 1.83. The minimum atomic E-state index is -0.942. The first kappa shape index (κ1) is 13.2. The summed E-state index contributed by atoms with van der Waals surface area (Å²) in [5.41, 5.74) is 0.339. The molecule has 0 saturated heterocycles. The van der Waals surface area contributed by atoms with Crippen LogP contribution in [0.5, 0.6) is 0 Å². The van der Waals surface area contributed by atoms with E-state index in [4.69, 9.17) is 0 Å². The Kier molecular flexibility index (Phi) is 3.82. The molecule has 0 bridgehead atoms. The molecule has 1 aromatic carbocycles. The number of hydrogen-bond acceptors (Lipinski definition) is 4. The van der Waals surface area contributed by atoms with E-state index in [1.807, 2.05) is 6.26 Å². The number of nitrogens with one attached hydrogen (secondary N) is 1. The fourth-order valence-electron chi connectivity index (χ4n) is 1.29. The van der Waals surface area contributed by atoms with Crippen molar-refractivity contribution in [3.8, 4) is 0 Å². The summed E-state index contributed by atoms with van der Waals surface area (Å²) in [6.45, 7) is 1.77. The molecule has 0 unspecified atom stereocenters. The number of hydrogen-bond donors (Lipinski definition) is 1. The Labute approximate surface area is 111 Å². The van der Waals surface area contributed by atoms with Gasteiger partial charge in [-0.25, -0.2) is 13.8 Å². The number of benzene rings is 1. The van der Waals surface area contributed by atoms with Gasteiger partial charge in [0.2, 0.25) is 5.91 Å². The van der Waals surface area contributed by atoms with Crippen molar-refractivity contribution in [3.05, 3.63) is 23.8 Å². The molecule has 1 N–H and O–H groups in total. The van der Waals surface area contributed by atoms with Gasteiger partial charge in [0.05, 0.1) is 15.5 Å². The Morgan fingerprint density at radius 3 is 2.78 bits per heavy atom. The zero-order valence-electron chi connectivity index (χ0n) is 9.66. The van der Waals surface area contributed by atoms with Gasteiger partial charge in [0, 0.05) is 6.07 Å². The lowest BCUT2D eigenvalue weighted by Gasteiger charge is -2.06. The molecule has 0 radical (unpaired) electrons. The molecule has 2 rings (SSSR count). The van der Waals surface area contributed by atoms with E-state index in [2.05, 4.69) is 10.3 Å². The van der Waals surface area contributed by atoms with Gasteiger partial charge in [-0.15, -0.1) is 0 Å². The first-order valence-corrected chi connectivity index (χ1v) is 7.21. The Morgan fingerprint density at radius 1 is 1.44 bits per heavy atom. The molecule has 96 valence electrons. The van der Waals surface area contributed by atoms with Crippen LogP contribution in [-0.2, 0) is 4.79 Å². The number of halogens is 2. The topological polar surface area (TPSA) is 42.0 Å². The van der Waals surface area contributed by atoms with Gasteiger partial charge < -0.3 is 5.32 Å². The standard InChI is InChI=1S/C11H10F2N2OS2/c1-5(17-2)10(16)15-11-14-8-3-6(12)7(13)4-9(8)18-11/h3-5H,1-2H3,(H,14,15,16)/t5-/m1/s1. The number of aromatic nitrogens is 1. The third-order valence-electron chi connectivity index (χ3n) is 2.38. The van der Waals surface area contributed by atoms with Crippen molar-refractivity contribution in [1.82, 2.24) is 4.98 Å². The Balaban J connectivity index is 2.28. The highest BCUT2D eigenvalue weighted by Gasteiger charge is 2.14. The quantitative estimate of drug-likeness (QED) is 0.942. The Morgan fingerprint density at radius 2 is 2.11 bits per heavy atom. The van der Waals surface area contributed by atoms with E-state index in [9.17, 15) is 13.6 Å². The van der Waals surface area contributed by atoms with Crippen molar-refractivity contribution < 1.29 is 13.6 Å². The van der Waals surface area contributed by atoms with Gasteiger partial charge in [0.1, 0.15) is 0 Å². The molecule has 3 nitrogen and oxygen atoms in total. The monoisotopic (exact) mass is 288 g/mol. The number of thiazole rings is 1. The second-order valence-electron chi connectivity index (χ2n) is 3.62. The van der Waals surface area contributed by atoms with Crippen LogP contribution >= 0.6 is 23.1 Å². The largest absolute Gasteiger partial charge is 0.301 e. The molecule has 1 heterocycles. The number of carbonyl (C=O) groups is 1. The van der Waals surface area contributed by atoms with E-state index >= 15 is 0 Å². The van der Waals surface area contributed by atoms with Gasteiger partial charge in [-0.2, -0.15) is 11.8 Å². The highest BCUT2D eigenvalue weighted by Crippen LogP contribution is 2.28. The second-order valence-corrected chi connectivity index (χ2v) is 5.83. The predicted octanol–water partition coefficient (Wildman–Crippen LogP) is 3.26. The molecule has 1 atom stereocenters. The predicted molar refractivity (Wildman–Crippen MR) is 71.1 cm³/mol. The molecule has 0 spiro atoms. The number of rotatable bonds is 3. The lowest BCUT2D eigenvalue weighted by molar-refractivity contribution is -0.115. The fraction of sp³-hybridized carbons (Fsp3) is 0.273. The molecule has 0 fully saturated rings. The molecule has 0 aliphatic heterocycles. The highest BCUT2D eigenvalue weighted by atomic mass is 32.2. The molecule has 0 aliphatic carbocycles. The number of anilines is 1. The third-order valence-corrected chi connectivity index (χ3v) is 4.24. The van der Waals surface area contributed by atoms with Gasteiger partial charge in [0.15, 0.2) is 16.8 Å². The first-order valence-electron chi connectivity index (χ1n) is 5.10. The molecule has 0 aliphatic rings. The average Bonchev–Trinajstić information content (AvgIpc) is 2.70. The number of nitrogens with zero attached hydrogens (tertiary/aromatic N) is 1. The number of fused-ring (bicyclic) bond motifs is 1. The van der Waals surface area contributed by atoms with Gasteiger partial charge in [-0.1, -0.05) is 11.3 Å². The van der Waals surface area contributed by atoms with Crippen molar-refractivity contribution in [3.63, 3.8) is 0 Å². The van der Waals surface area contributed by atoms with E-state index in [0.29, 0.717) is 15.3 Å². The summed E-state index contributed by atoms with van der Waals surface area (Å²) in [6, 6.07) is 2.10. The summed E-state index contributed by atoms with van der Waals surface area (Å²) in [7, 11) is 0. The fourth-order valence-corrected chi connectivity index (χ4v) is 2.44. The van der Waals surface area contributed by atoms with E-state index in [1.165, 1.54) is 11.8 Å². The second kappa shape index (κ2) is 5.19. The number of carbonyl (C=O) groups excluding carboxylic acids is 1. The molecule has 1 amide bonds. The van der Waals surface area contributed by atoms with Crippen molar-refractivity contribution in [1.29, 1.82) is 0 Å². The van der Waals surface area contributed by atoms with Crippen LogP contribution < -0.4 is 5.32 Å². The average molecular weight is 288 g/mol. The lowest BCUT2D eigenvalue weighted by Crippen LogP contribution is -2.21. The summed E-state index contributed by atoms with van der Waals surface area (Å²) in [4.78, 5) is 15.7. The summed E-state index contributed by atoms with van der Waals surface area (Å²) in [5, 5.41) is 2.77. The summed E-state index contributed by atoms with van der Waals surface area (Å²) < 4.78 is 26.5. The van der Waals surface area contributed by atoms with Crippen LogP contribution in [0.25, 0.3) is 10.2 Å². The van der Waals surface area contributed by atoms with Crippen molar-refractivity contribution in [2.75, 3.05) is 11.6 Å². The van der Waals surface area contributed by atoms with Crippen LogP contribution in [-0.4, -0.2) is 22.4 Å². The van der Waals surface area contributed by atoms with E-state index in [0.717, 1.165) is 23.5 Å². The summed E-state index contributed by atoms with van der Waals surface area (Å²) >= 11 is 2.53. The first-order chi connectivity index (χ1) is 8.51. The number of amides is 1. The molecule has 2 aromatic rings.